The van der Waals surface area contributed by atoms with E-state index in [0.717, 1.165) is 22.3 Å². The van der Waals surface area contributed by atoms with Crippen LogP contribution < -0.4 is 5.63 Å². The Hall–Kier alpha value is -4.07. The first-order valence-corrected chi connectivity index (χ1v) is 8.62. The van der Waals surface area contributed by atoms with Crippen LogP contribution in [0.3, 0.4) is 0 Å². The number of aromatic nitrogens is 6. The quantitative estimate of drug-likeness (QED) is 0.454. The Balaban J connectivity index is 1.59. The van der Waals surface area contributed by atoms with E-state index in [1.54, 1.807) is 16.9 Å². The Morgan fingerprint density at radius 1 is 0.929 bits per heavy atom. The largest absolute Gasteiger partial charge is 0.421 e. The first kappa shape index (κ1) is 16.1. The molecular weight excluding hydrogens is 356 g/mol. The Bertz CT molecular complexity index is 1340. The van der Waals surface area contributed by atoms with Crippen LogP contribution in [0.15, 0.2) is 76.5 Å². The molecule has 0 saturated heterocycles. The fourth-order valence-corrected chi connectivity index (χ4v) is 3.08. The minimum absolute atomic E-state index is 0.352. The maximum atomic E-state index is 12.3. The summed E-state index contributed by atoms with van der Waals surface area (Å²) >= 11 is 0. The highest BCUT2D eigenvalue weighted by atomic mass is 16.4. The monoisotopic (exact) mass is 370 g/mol. The number of benzene rings is 2. The zero-order chi connectivity index (χ0) is 19.1. The standard InChI is InChI=1S/C20H14N6O2/c1-13-19(14-5-3-2-4-6-14)24-26(23-13)16-8-7-15-9-17(25-11-21-22-12-25)20(27)28-18(15)10-16/h2-12H,1H3. The van der Waals surface area contributed by atoms with Crippen molar-refractivity contribution < 1.29 is 4.42 Å². The van der Waals surface area contributed by atoms with Crippen molar-refractivity contribution in [3.63, 3.8) is 0 Å². The first-order valence-electron chi connectivity index (χ1n) is 8.62. The average molecular weight is 370 g/mol. The third kappa shape index (κ3) is 2.67. The minimum Gasteiger partial charge on any atom is -0.421 e. The summed E-state index contributed by atoms with van der Waals surface area (Å²) < 4.78 is 7.02. The van der Waals surface area contributed by atoms with E-state index >= 15 is 0 Å². The Kier molecular flexibility index (Phi) is 3.61. The molecule has 3 heterocycles. The van der Waals surface area contributed by atoms with Crippen LogP contribution in [0.5, 0.6) is 0 Å². The number of nitrogens with zero attached hydrogens (tertiary/aromatic N) is 6. The molecule has 2 aromatic carbocycles. The second kappa shape index (κ2) is 6.27. The van der Waals surface area contributed by atoms with E-state index < -0.39 is 5.63 Å². The smallest absolute Gasteiger partial charge is 0.360 e. The summed E-state index contributed by atoms with van der Waals surface area (Å²) in [6.07, 6.45) is 2.90. The van der Waals surface area contributed by atoms with Crippen molar-refractivity contribution in [3.8, 4) is 22.6 Å². The molecule has 0 saturated carbocycles. The van der Waals surface area contributed by atoms with Gasteiger partial charge in [0.25, 0.3) is 0 Å². The zero-order valence-electron chi connectivity index (χ0n) is 14.9. The average Bonchev–Trinajstić information content (AvgIpc) is 3.37. The summed E-state index contributed by atoms with van der Waals surface area (Å²) in [5, 5.41) is 17.3. The summed E-state index contributed by atoms with van der Waals surface area (Å²) in [7, 11) is 0. The van der Waals surface area contributed by atoms with Gasteiger partial charge < -0.3 is 4.42 Å². The fourth-order valence-electron chi connectivity index (χ4n) is 3.08. The molecule has 0 aliphatic rings. The lowest BCUT2D eigenvalue weighted by atomic mass is 10.1. The van der Waals surface area contributed by atoms with Crippen LogP contribution in [-0.4, -0.2) is 29.8 Å². The molecule has 0 N–H and O–H groups in total. The molecular formula is C20H14N6O2. The van der Waals surface area contributed by atoms with E-state index in [1.165, 1.54) is 17.2 Å². The van der Waals surface area contributed by atoms with Crippen LogP contribution in [0, 0.1) is 6.92 Å². The lowest BCUT2D eigenvalue weighted by molar-refractivity contribution is 0.555. The van der Waals surface area contributed by atoms with Gasteiger partial charge in [-0.15, -0.1) is 15.3 Å². The predicted molar refractivity (Wildman–Crippen MR) is 102 cm³/mol. The van der Waals surface area contributed by atoms with Gasteiger partial charge in [-0.05, 0) is 25.1 Å². The molecule has 0 unspecified atom stereocenters. The molecule has 5 rings (SSSR count). The lowest BCUT2D eigenvalue weighted by Crippen LogP contribution is -2.09. The van der Waals surface area contributed by atoms with E-state index in [-0.39, 0.29) is 0 Å². The third-order valence-electron chi connectivity index (χ3n) is 4.46. The molecule has 0 radical (unpaired) electrons. The van der Waals surface area contributed by atoms with Crippen LogP contribution in [0.2, 0.25) is 0 Å². The van der Waals surface area contributed by atoms with E-state index in [9.17, 15) is 4.79 Å². The van der Waals surface area contributed by atoms with Crippen molar-refractivity contribution in [2.75, 3.05) is 0 Å². The van der Waals surface area contributed by atoms with Crippen molar-refractivity contribution in [1.29, 1.82) is 0 Å². The number of hydrogen-bond donors (Lipinski definition) is 0. The van der Waals surface area contributed by atoms with E-state index in [4.69, 9.17) is 4.42 Å². The fraction of sp³-hybridized carbons (Fsp3) is 0.0500. The predicted octanol–water partition coefficient (Wildman–Crippen LogP) is 2.93. The second-order valence-electron chi connectivity index (χ2n) is 6.30. The highest BCUT2D eigenvalue weighted by molar-refractivity contribution is 5.80. The van der Waals surface area contributed by atoms with Gasteiger partial charge in [0.1, 0.15) is 29.6 Å². The molecule has 8 nitrogen and oxygen atoms in total. The molecule has 0 amide bonds. The van der Waals surface area contributed by atoms with Gasteiger partial charge in [0, 0.05) is 17.0 Å². The Labute approximate surface area is 158 Å². The number of aryl methyl sites for hydroxylation is 1. The van der Waals surface area contributed by atoms with Crippen molar-refractivity contribution >= 4 is 11.0 Å². The van der Waals surface area contributed by atoms with Gasteiger partial charge in [0.05, 0.1) is 11.4 Å². The zero-order valence-corrected chi connectivity index (χ0v) is 14.9. The Morgan fingerprint density at radius 2 is 1.71 bits per heavy atom. The molecule has 8 heteroatoms. The van der Waals surface area contributed by atoms with Gasteiger partial charge in [-0.3, -0.25) is 4.57 Å². The molecule has 0 fully saturated rings. The van der Waals surface area contributed by atoms with E-state index in [1.807, 2.05) is 49.4 Å². The number of hydrogen-bond acceptors (Lipinski definition) is 6. The van der Waals surface area contributed by atoms with Crippen LogP contribution in [-0.2, 0) is 0 Å². The molecule has 28 heavy (non-hydrogen) atoms. The van der Waals surface area contributed by atoms with Gasteiger partial charge in [-0.2, -0.15) is 9.90 Å². The van der Waals surface area contributed by atoms with Crippen molar-refractivity contribution in [2.24, 2.45) is 0 Å². The van der Waals surface area contributed by atoms with Crippen LogP contribution in [0.1, 0.15) is 5.69 Å². The summed E-state index contributed by atoms with van der Waals surface area (Å²) in [4.78, 5) is 13.9. The molecule has 0 bridgehead atoms. The maximum Gasteiger partial charge on any atom is 0.360 e. The highest BCUT2D eigenvalue weighted by Gasteiger charge is 2.12. The van der Waals surface area contributed by atoms with E-state index in [0.29, 0.717) is 17.0 Å². The second-order valence-corrected chi connectivity index (χ2v) is 6.30. The summed E-state index contributed by atoms with van der Waals surface area (Å²) in [5.41, 5.74) is 3.66. The third-order valence-corrected chi connectivity index (χ3v) is 4.46. The highest BCUT2D eigenvalue weighted by Crippen LogP contribution is 2.23. The topological polar surface area (TPSA) is 91.6 Å². The van der Waals surface area contributed by atoms with Crippen molar-refractivity contribution in [2.45, 2.75) is 6.92 Å². The molecule has 0 aliphatic heterocycles. The molecule has 5 aromatic rings. The van der Waals surface area contributed by atoms with Crippen LogP contribution in [0.25, 0.3) is 33.6 Å². The van der Waals surface area contributed by atoms with Gasteiger partial charge >= 0.3 is 5.63 Å². The van der Waals surface area contributed by atoms with Gasteiger partial charge in [-0.25, -0.2) is 4.79 Å². The maximum absolute atomic E-state index is 12.3. The number of fused-ring (bicyclic) bond motifs is 1. The Morgan fingerprint density at radius 3 is 2.50 bits per heavy atom. The number of rotatable bonds is 3. The molecule has 0 spiro atoms. The molecule has 0 aliphatic carbocycles. The SMILES string of the molecule is Cc1nn(-c2ccc3cc(-n4cnnc4)c(=O)oc3c2)nc1-c1ccccc1. The van der Waals surface area contributed by atoms with E-state index in [2.05, 4.69) is 20.4 Å². The van der Waals surface area contributed by atoms with Gasteiger partial charge in [0.2, 0.25) is 0 Å². The first-order chi connectivity index (χ1) is 13.7. The minimum atomic E-state index is -0.473. The van der Waals surface area contributed by atoms with Crippen LogP contribution in [0.4, 0.5) is 0 Å². The lowest BCUT2D eigenvalue weighted by Gasteiger charge is -2.04. The van der Waals surface area contributed by atoms with Crippen molar-refractivity contribution in [3.05, 3.63) is 83.4 Å². The van der Waals surface area contributed by atoms with Gasteiger partial charge in [-0.1, -0.05) is 30.3 Å². The van der Waals surface area contributed by atoms with Gasteiger partial charge in [0.15, 0.2) is 0 Å². The molecule has 3 aromatic heterocycles. The summed E-state index contributed by atoms with van der Waals surface area (Å²) in [6.45, 7) is 1.92. The molecule has 0 atom stereocenters. The molecule has 136 valence electrons. The summed E-state index contributed by atoms with van der Waals surface area (Å²) in [5.74, 6) is 0. The van der Waals surface area contributed by atoms with Crippen molar-refractivity contribution in [1.82, 2.24) is 29.8 Å². The van der Waals surface area contributed by atoms with Crippen LogP contribution >= 0.6 is 0 Å². The summed E-state index contributed by atoms with van der Waals surface area (Å²) in [6, 6.07) is 17.1. The normalized spacial score (nSPS) is 11.2.